The van der Waals surface area contributed by atoms with Gasteiger partial charge in [0.2, 0.25) is 11.8 Å². The second-order valence-electron chi connectivity index (χ2n) is 11.1. The first kappa shape index (κ1) is 25.0. The van der Waals surface area contributed by atoms with Crippen LogP contribution in [0.25, 0.3) is 0 Å². The number of nitrogens with zero attached hydrogens (tertiary/aromatic N) is 1. The highest BCUT2D eigenvalue weighted by molar-refractivity contribution is 5.85. The summed E-state index contributed by atoms with van der Waals surface area (Å²) in [6.45, 7) is 18.2. The third-order valence-electron chi connectivity index (χ3n) is 4.73. The summed E-state index contributed by atoms with van der Waals surface area (Å²) in [6.07, 6.45) is 0.883. The smallest absolute Gasteiger partial charge is 0.240 e. The number of aromatic hydroxyl groups is 1. The van der Waals surface area contributed by atoms with Crippen molar-refractivity contribution in [2.24, 2.45) is 0 Å². The van der Waals surface area contributed by atoms with Crippen LogP contribution in [0.1, 0.15) is 85.4 Å². The molecule has 0 fully saturated rings. The van der Waals surface area contributed by atoms with Gasteiger partial charge in [-0.05, 0) is 54.7 Å². The molecule has 0 aliphatic rings. The van der Waals surface area contributed by atoms with Crippen LogP contribution in [0.3, 0.4) is 0 Å². The number of phenolic OH excluding ortho intramolecular Hbond substituents is 1. The van der Waals surface area contributed by atoms with Crippen molar-refractivity contribution in [1.82, 2.24) is 10.2 Å². The van der Waals surface area contributed by atoms with Crippen LogP contribution in [0.2, 0.25) is 0 Å². The predicted molar refractivity (Wildman–Crippen MR) is 119 cm³/mol. The molecule has 2 N–H and O–H groups in total. The zero-order valence-electron chi connectivity index (χ0n) is 20.0. The molecule has 1 rings (SSSR count). The minimum absolute atomic E-state index is 0.0478. The number of rotatable bonds is 5. The third kappa shape index (κ3) is 7.71. The molecule has 0 aromatic heterocycles. The number of phenols is 1. The van der Waals surface area contributed by atoms with Crippen molar-refractivity contribution in [2.75, 3.05) is 13.6 Å². The highest BCUT2D eigenvalue weighted by Gasteiger charge is 2.26. The maximum Gasteiger partial charge on any atom is 0.240 e. The first-order chi connectivity index (χ1) is 12.9. The van der Waals surface area contributed by atoms with Crippen LogP contribution in [0.15, 0.2) is 12.1 Å². The van der Waals surface area contributed by atoms with Crippen molar-refractivity contribution in [3.63, 3.8) is 0 Å². The molecule has 0 aliphatic carbocycles. The Hall–Kier alpha value is -2.04. The number of carbonyl (C=O) groups excluding carboxylic acids is 2. The summed E-state index contributed by atoms with van der Waals surface area (Å²) in [5.74, 6) is 0.107. The van der Waals surface area contributed by atoms with Crippen LogP contribution in [-0.4, -0.2) is 41.0 Å². The van der Waals surface area contributed by atoms with Gasteiger partial charge in [0.15, 0.2) is 0 Å². The van der Waals surface area contributed by atoms with Gasteiger partial charge in [-0.1, -0.05) is 53.7 Å². The van der Waals surface area contributed by atoms with Crippen molar-refractivity contribution in [2.45, 2.75) is 91.5 Å². The number of hydrogen-bond donors (Lipinski definition) is 2. The van der Waals surface area contributed by atoms with Crippen molar-refractivity contribution >= 4 is 11.8 Å². The van der Waals surface area contributed by atoms with E-state index in [0.717, 1.165) is 16.7 Å². The molecule has 0 saturated heterocycles. The van der Waals surface area contributed by atoms with Gasteiger partial charge in [-0.25, -0.2) is 0 Å². The van der Waals surface area contributed by atoms with Gasteiger partial charge in [0, 0.05) is 19.0 Å². The number of hydrogen-bond acceptors (Lipinski definition) is 3. The lowest BCUT2D eigenvalue weighted by molar-refractivity contribution is -0.135. The molecule has 0 aliphatic heterocycles. The van der Waals surface area contributed by atoms with Gasteiger partial charge in [0.1, 0.15) is 5.75 Å². The number of carbonyl (C=O) groups is 2. The summed E-state index contributed by atoms with van der Waals surface area (Å²) >= 11 is 0. The average molecular weight is 405 g/mol. The molecular weight excluding hydrogens is 364 g/mol. The van der Waals surface area contributed by atoms with Gasteiger partial charge in [-0.3, -0.25) is 9.59 Å². The fraction of sp³-hybridized carbons (Fsp3) is 0.667. The highest BCUT2D eigenvalue weighted by atomic mass is 16.3. The zero-order chi connectivity index (χ0) is 22.8. The first-order valence-electron chi connectivity index (χ1n) is 10.3. The van der Waals surface area contributed by atoms with Crippen LogP contribution < -0.4 is 5.32 Å². The van der Waals surface area contributed by atoms with E-state index in [4.69, 9.17) is 0 Å². The molecule has 0 radical (unpaired) electrons. The molecule has 1 aromatic rings. The van der Waals surface area contributed by atoms with E-state index in [0.29, 0.717) is 18.6 Å². The van der Waals surface area contributed by atoms with E-state index in [1.807, 2.05) is 32.9 Å². The largest absolute Gasteiger partial charge is 0.507 e. The molecule has 1 aromatic carbocycles. The van der Waals surface area contributed by atoms with E-state index in [9.17, 15) is 14.7 Å². The van der Waals surface area contributed by atoms with Gasteiger partial charge in [0.05, 0.1) is 6.54 Å². The van der Waals surface area contributed by atoms with E-state index >= 15 is 0 Å². The van der Waals surface area contributed by atoms with Crippen molar-refractivity contribution in [3.8, 4) is 5.75 Å². The standard InChI is InChI=1S/C24H40N2O3/c1-22(2,3)17-13-16(14-18(21(17)29)23(4,5)6)11-12-20(28)26(10)15-19(27)25-24(7,8)9/h13-14,29H,11-12,15H2,1-10H3,(H,25,27). The van der Waals surface area contributed by atoms with Crippen molar-refractivity contribution in [3.05, 3.63) is 28.8 Å². The molecule has 29 heavy (non-hydrogen) atoms. The van der Waals surface area contributed by atoms with E-state index < -0.39 is 0 Å². The Kier molecular flexibility index (Phi) is 7.55. The Morgan fingerprint density at radius 3 is 1.76 bits per heavy atom. The number of benzene rings is 1. The summed E-state index contributed by atoms with van der Waals surface area (Å²) < 4.78 is 0. The second-order valence-corrected chi connectivity index (χ2v) is 11.1. The Bertz CT molecular complexity index is 712. The SMILES string of the molecule is CN(CC(=O)NC(C)(C)C)C(=O)CCc1cc(C(C)(C)C)c(O)c(C(C)(C)C)c1. The van der Waals surface area contributed by atoms with Crippen molar-refractivity contribution < 1.29 is 14.7 Å². The third-order valence-corrected chi connectivity index (χ3v) is 4.73. The average Bonchev–Trinajstić information content (AvgIpc) is 2.49. The van der Waals surface area contributed by atoms with E-state index in [1.165, 1.54) is 4.90 Å². The molecule has 0 spiro atoms. The quantitative estimate of drug-likeness (QED) is 0.769. The summed E-state index contributed by atoms with van der Waals surface area (Å²) in [6, 6.07) is 4.01. The predicted octanol–water partition coefficient (Wildman–Crippen LogP) is 4.29. The van der Waals surface area contributed by atoms with Crippen LogP contribution in [0, 0.1) is 0 Å². The lowest BCUT2D eigenvalue weighted by Crippen LogP contribution is -2.46. The Balaban J connectivity index is 2.96. The molecule has 5 heteroatoms. The van der Waals surface area contributed by atoms with Crippen LogP contribution in [0.4, 0.5) is 0 Å². The molecule has 0 atom stereocenters. The minimum atomic E-state index is -0.320. The Morgan fingerprint density at radius 1 is 0.931 bits per heavy atom. The summed E-state index contributed by atoms with van der Waals surface area (Å²) in [4.78, 5) is 26.1. The highest BCUT2D eigenvalue weighted by Crippen LogP contribution is 2.40. The fourth-order valence-electron chi connectivity index (χ4n) is 3.19. The number of aryl methyl sites for hydroxylation is 1. The molecule has 164 valence electrons. The molecule has 5 nitrogen and oxygen atoms in total. The van der Waals surface area contributed by atoms with Gasteiger partial charge >= 0.3 is 0 Å². The molecule has 0 saturated carbocycles. The minimum Gasteiger partial charge on any atom is -0.507 e. The second kappa shape index (κ2) is 8.76. The van der Waals surface area contributed by atoms with Crippen LogP contribution >= 0.6 is 0 Å². The number of likely N-dealkylation sites (N-methyl/N-ethyl adjacent to an activating group) is 1. The van der Waals surface area contributed by atoms with Gasteiger partial charge in [-0.2, -0.15) is 0 Å². The summed E-state index contributed by atoms with van der Waals surface area (Å²) in [7, 11) is 1.66. The van der Waals surface area contributed by atoms with Gasteiger partial charge in [0.25, 0.3) is 0 Å². The summed E-state index contributed by atoms with van der Waals surface area (Å²) in [5.41, 5.74) is 2.09. The van der Waals surface area contributed by atoms with E-state index in [2.05, 4.69) is 46.9 Å². The van der Waals surface area contributed by atoms with Gasteiger partial charge < -0.3 is 15.3 Å². The summed E-state index contributed by atoms with van der Waals surface area (Å²) in [5, 5.41) is 13.7. The molecule has 2 amide bonds. The first-order valence-corrected chi connectivity index (χ1v) is 10.3. The van der Waals surface area contributed by atoms with E-state index in [-0.39, 0.29) is 34.7 Å². The molecule has 0 unspecified atom stereocenters. The topological polar surface area (TPSA) is 69.6 Å². The lowest BCUT2D eigenvalue weighted by Gasteiger charge is -2.28. The normalized spacial score (nSPS) is 12.6. The number of nitrogens with one attached hydrogen (secondary N) is 1. The monoisotopic (exact) mass is 404 g/mol. The van der Waals surface area contributed by atoms with Crippen LogP contribution in [0.5, 0.6) is 5.75 Å². The maximum atomic E-state index is 12.5. The fourth-order valence-corrected chi connectivity index (χ4v) is 3.19. The van der Waals surface area contributed by atoms with E-state index in [1.54, 1.807) is 7.05 Å². The molecule has 0 bridgehead atoms. The zero-order valence-corrected chi connectivity index (χ0v) is 20.0. The Morgan fingerprint density at radius 2 is 1.38 bits per heavy atom. The molecule has 0 heterocycles. The lowest BCUT2D eigenvalue weighted by atomic mass is 9.78. The Labute approximate surface area is 176 Å². The van der Waals surface area contributed by atoms with Crippen molar-refractivity contribution in [1.29, 1.82) is 0 Å². The maximum absolute atomic E-state index is 12.5. The van der Waals surface area contributed by atoms with Gasteiger partial charge in [-0.15, -0.1) is 0 Å². The van der Waals surface area contributed by atoms with Crippen LogP contribution in [-0.2, 0) is 26.8 Å². The molecular formula is C24H40N2O3. The number of amides is 2.